The van der Waals surface area contributed by atoms with Gasteiger partial charge in [-0.2, -0.15) is 0 Å². The van der Waals surface area contributed by atoms with Gasteiger partial charge in [-0.3, -0.25) is 0 Å². The van der Waals surface area contributed by atoms with Crippen molar-refractivity contribution in [3.8, 4) is 0 Å². The molecule has 0 bridgehead atoms. The summed E-state index contributed by atoms with van der Waals surface area (Å²) in [4.78, 5) is 0. The normalized spacial score (nSPS) is 12.3. The van der Waals surface area contributed by atoms with Crippen molar-refractivity contribution in [1.82, 2.24) is 9.88 Å². The Labute approximate surface area is 120 Å². The van der Waals surface area contributed by atoms with Gasteiger partial charge in [0.15, 0.2) is 0 Å². The Kier molecular flexibility index (Phi) is 3.93. The van der Waals surface area contributed by atoms with Crippen LogP contribution in [0.15, 0.2) is 18.3 Å². The maximum atomic E-state index is 6.21. The molecule has 2 aromatic rings. The standard InChI is InChI=1S/C16H23ClN2/c1-11-14(17)7-6-13-12(10-19(5)15(11)13)8-9-18-16(2,3)4/h6-7,10,18H,8-9H2,1-5H3. The molecule has 0 amide bonds. The number of aryl methyl sites for hydroxylation is 2. The molecule has 1 aromatic carbocycles. The van der Waals surface area contributed by atoms with Crippen LogP contribution in [0.5, 0.6) is 0 Å². The predicted octanol–water partition coefficient (Wildman–Crippen LogP) is 4.07. The van der Waals surface area contributed by atoms with Gasteiger partial charge in [-0.05, 0) is 57.9 Å². The highest BCUT2D eigenvalue weighted by atomic mass is 35.5. The van der Waals surface area contributed by atoms with E-state index >= 15 is 0 Å². The summed E-state index contributed by atoms with van der Waals surface area (Å²) in [6, 6.07) is 4.14. The third kappa shape index (κ3) is 3.13. The lowest BCUT2D eigenvalue weighted by Gasteiger charge is -2.20. The van der Waals surface area contributed by atoms with Gasteiger partial charge in [0.1, 0.15) is 0 Å². The molecule has 0 unspecified atom stereocenters. The van der Waals surface area contributed by atoms with Crippen LogP contribution in [0, 0.1) is 6.92 Å². The maximum Gasteiger partial charge on any atom is 0.0525 e. The number of benzene rings is 1. The number of fused-ring (bicyclic) bond motifs is 1. The van der Waals surface area contributed by atoms with E-state index < -0.39 is 0 Å². The van der Waals surface area contributed by atoms with Crippen LogP contribution in [0.1, 0.15) is 31.9 Å². The SMILES string of the molecule is Cc1c(Cl)ccc2c(CCNC(C)(C)C)cn(C)c12. The molecule has 0 radical (unpaired) electrons. The fourth-order valence-corrected chi connectivity index (χ4v) is 2.68. The van der Waals surface area contributed by atoms with Crippen LogP contribution in [-0.4, -0.2) is 16.7 Å². The number of halogens is 1. The summed E-state index contributed by atoms with van der Waals surface area (Å²) in [6.45, 7) is 9.66. The molecule has 0 aliphatic heterocycles. The van der Waals surface area contributed by atoms with Gasteiger partial charge >= 0.3 is 0 Å². The first-order chi connectivity index (χ1) is 8.79. The Morgan fingerprint density at radius 3 is 2.58 bits per heavy atom. The predicted molar refractivity (Wildman–Crippen MR) is 84.1 cm³/mol. The minimum atomic E-state index is 0.170. The summed E-state index contributed by atoms with van der Waals surface area (Å²) >= 11 is 6.21. The van der Waals surface area contributed by atoms with Crippen LogP contribution in [0.2, 0.25) is 5.02 Å². The van der Waals surface area contributed by atoms with E-state index in [4.69, 9.17) is 11.6 Å². The summed E-state index contributed by atoms with van der Waals surface area (Å²) in [5.41, 5.74) is 3.97. The average molecular weight is 279 g/mol. The zero-order valence-electron chi connectivity index (χ0n) is 12.5. The molecule has 0 aliphatic carbocycles. The average Bonchev–Trinajstić information content (AvgIpc) is 2.60. The van der Waals surface area contributed by atoms with Crippen LogP contribution >= 0.6 is 11.6 Å². The summed E-state index contributed by atoms with van der Waals surface area (Å²) in [6.07, 6.45) is 3.26. The van der Waals surface area contributed by atoms with E-state index in [1.807, 2.05) is 6.07 Å². The minimum absolute atomic E-state index is 0.170. The second kappa shape index (κ2) is 5.18. The maximum absolute atomic E-state index is 6.21. The number of hydrogen-bond acceptors (Lipinski definition) is 1. The second-order valence-electron chi connectivity index (χ2n) is 6.26. The molecule has 104 valence electrons. The van der Waals surface area contributed by atoms with E-state index in [0.717, 1.165) is 23.6 Å². The molecule has 1 N–H and O–H groups in total. The van der Waals surface area contributed by atoms with E-state index in [1.54, 1.807) is 0 Å². The summed E-state index contributed by atoms with van der Waals surface area (Å²) in [7, 11) is 2.09. The lowest BCUT2D eigenvalue weighted by molar-refractivity contribution is 0.430. The minimum Gasteiger partial charge on any atom is -0.350 e. The van der Waals surface area contributed by atoms with Crippen molar-refractivity contribution >= 4 is 22.5 Å². The molecule has 0 fully saturated rings. The molecule has 19 heavy (non-hydrogen) atoms. The van der Waals surface area contributed by atoms with Crippen molar-refractivity contribution in [3.63, 3.8) is 0 Å². The van der Waals surface area contributed by atoms with Crippen LogP contribution in [0.25, 0.3) is 10.9 Å². The first-order valence-corrected chi connectivity index (χ1v) is 7.15. The van der Waals surface area contributed by atoms with Gasteiger partial charge in [-0.15, -0.1) is 0 Å². The van der Waals surface area contributed by atoms with Gasteiger partial charge in [0.2, 0.25) is 0 Å². The number of hydrogen-bond donors (Lipinski definition) is 1. The first kappa shape index (κ1) is 14.4. The molecule has 3 heteroatoms. The van der Waals surface area contributed by atoms with Crippen LogP contribution < -0.4 is 5.32 Å². The van der Waals surface area contributed by atoms with Gasteiger partial charge < -0.3 is 9.88 Å². The Bertz CT molecular complexity index is 591. The number of nitrogens with zero attached hydrogens (tertiary/aromatic N) is 1. The molecule has 0 spiro atoms. The molecule has 1 aromatic heterocycles. The van der Waals surface area contributed by atoms with Crippen molar-refractivity contribution in [3.05, 3.63) is 34.5 Å². The van der Waals surface area contributed by atoms with Crippen molar-refractivity contribution in [1.29, 1.82) is 0 Å². The fraction of sp³-hybridized carbons (Fsp3) is 0.500. The zero-order valence-corrected chi connectivity index (χ0v) is 13.2. The van der Waals surface area contributed by atoms with Crippen LogP contribution in [-0.2, 0) is 13.5 Å². The quantitative estimate of drug-likeness (QED) is 0.895. The monoisotopic (exact) mass is 278 g/mol. The topological polar surface area (TPSA) is 17.0 Å². The molecular formula is C16H23ClN2. The Morgan fingerprint density at radius 1 is 1.26 bits per heavy atom. The Hall–Kier alpha value is -0.990. The van der Waals surface area contributed by atoms with Crippen molar-refractivity contribution in [2.75, 3.05) is 6.54 Å². The van der Waals surface area contributed by atoms with Crippen LogP contribution in [0.4, 0.5) is 0 Å². The summed E-state index contributed by atoms with van der Waals surface area (Å²) in [5.74, 6) is 0. The van der Waals surface area contributed by atoms with Crippen molar-refractivity contribution < 1.29 is 0 Å². The molecule has 0 aliphatic rings. The number of aromatic nitrogens is 1. The van der Waals surface area contributed by atoms with E-state index in [1.165, 1.54) is 16.5 Å². The third-order valence-corrected chi connectivity index (χ3v) is 3.87. The van der Waals surface area contributed by atoms with Crippen molar-refractivity contribution in [2.24, 2.45) is 7.05 Å². The highest BCUT2D eigenvalue weighted by Gasteiger charge is 2.12. The van der Waals surface area contributed by atoms with E-state index in [9.17, 15) is 0 Å². The van der Waals surface area contributed by atoms with Gasteiger partial charge in [0.25, 0.3) is 0 Å². The van der Waals surface area contributed by atoms with E-state index in [0.29, 0.717) is 0 Å². The van der Waals surface area contributed by atoms with E-state index in [2.05, 4.69) is 56.9 Å². The number of rotatable bonds is 3. The molecular weight excluding hydrogens is 256 g/mol. The Morgan fingerprint density at radius 2 is 1.95 bits per heavy atom. The highest BCUT2D eigenvalue weighted by molar-refractivity contribution is 6.32. The highest BCUT2D eigenvalue weighted by Crippen LogP contribution is 2.28. The third-order valence-electron chi connectivity index (χ3n) is 3.46. The molecule has 0 atom stereocenters. The zero-order chi connectivity index (χ0) is 14.2. The Balaban J connectivity index is 2.28. The van der Waals surface area contributed by atoms with Crippen LogP contribution in [0.3, 0.4) is 0 Å². The van der Waals surface area contributed by atoms with Crippen molar-refractivity contribution in [2.45, 2.75) is 39.7 Å². The second-order valence-corrected chi connectivity index (χ2v) is 6.67. The molecule has 2 rings (SSSR count). The molecule has 0 saturated heterocycles. The number of nitrogens with one attached hydrogen (secondary N) is 1. The molecule has 2 nitrogen and oxygen atoms in total. The largest absolute Gasteiger partial charge is 0.350 e. The van der Waals surface area contributed by atoms with E-state index in [-0.39, 0.29) is 5.54 Å². The molecule has 1 heterocycles. The lowest BCUT2D eigenvalue weighted by Crippen LogP contribution is -2.37. The smallest absolute Gasteiger partial charge is 0.0525 e. The summed E-state index contributed by atoms with van der Waals surface area (Å²) < 4.78 is 2.18. The summed E-state index contributed by atoms with van der Waals surface area (Å²) in [5, 5.41) is 5.70. The van der Waals surface area contributed by atoms with Gasteiger partial charge in [0, 0.05) is 29.2 Å². The fourth-order valence-electron chi connectivity index (χ4n) is 2.53. The molecule has 0 saturated carbocycles. The van der Waals surface area contributed by atoms with Gasteiger partial charge in [-0.25, -0.2) is 0 Å². The van der Waals surface area contributed by atoms with Gasteiger partial charge in [-0.1, -0.05) is 17.7 Å². The first-order valence-electron chi connectivity index (χ1n) is 6.77. The lowest BCUT2D eigenvalue weighted by atomic mass is 10.1. The van der Waals surface area contributed by atoms with Gasteiger partial charge in [0.05, 0.1) is 5.52 Å².